The molecule has 1 fully saturated rings. The summed E-state index contributed by atoms with van der Waals surface area (Å²) < 4.78 is 40.5. The van der Waals surface area contributed by atoms with E-state index in [1.807, 2.05) is 0 Å². The molecule has 3 rings (SSSR count). The zero-order valence-electron chi connectivity index (χ0n) is 15.0. The smallest absolute Gasteiger partial charge is 0.333 e. The number of likely N-dealkylation sites (N-methyl/N-ethyl adjacent to an activating group) is 1. The quantitative estimate of drug-likeness (QED) is 0.802. The number of hydrogen-bond acceptors (Lipinski definition) is 3. The van der Waals surface area contributed by atoms with E-state index in [9.17, 15) is 18.0 Å². The van der Waals surface area contributed by atoms with E-state index < -0.39 is 30.1 Å². The molecule has 2 unspecified atom stereocenters. The molecule has 1 N–H and O–H groups in total. The summed E-state index contributed by atoms with van der Waals surface area (Å²) in [4.78, 5) is 15.0. The van der Waals surface area contributed by atoms with Crippen molar-refractivity contribution in [3.05, 3.63) is 47.0 Å². The number of carbonyl (C=O) groups is 1. The molecule has 27 heavy (non-hydrogen) atoms. The number of hydrogen-bond donors (Lipinski definition) is 1. The maximum atomic E-state index is 13.7. The van der Waals surface area contributed by atoms with Crippen molar-refractivity contribution in [2.75, 3.05) is 18.9 Å². The van der Waals surface area contributed by atoms with Gasteiger partial charge in [-0.3, -0.25) is 4.79 Å². The zero-order chi connectivity index (χ0) is 19.9. The molecule has 1 aliphatic rings. The maximum Gasteiger partial charge on any atom is 0.333 e. The summed E-state index contributed by atoms with van der Waals surface area (Å²) in [5.74, 6) is -2.06. The van der Waals surface area contributed by atoms with Crippen molar-refractivity contribution in [3.8, 4) is 0 Å². The van der Waals surface area contributed by atoms with E-state index in [2.05, 4.69) is 10.4 Å². The number of thiocarbonyl (C=S) groups is 1. The van der Waals surface area contributed by atoms with E-state index in [4.69, 9.17) is 12.2 Å². The van der Waals surface area contributed by atoms with Gasteiger partial charge < -0.3 is 10.2 Å². The number of nitrogens with one attached hydrogen (secondary N) is 1. The predicted molar refractivity (Wildman–Crippen MR) is 99.4 cm³/mol. The molecular formula is C18H19F3N4OS. The lowest BCUT2D eigenvalue weighted by Crippen LogP contribution is -2.32. The summed E-state index contributed by atoms with van der Waals surface area (Å²) in [5.41, 5.74) is 1.36. The Morgan fingerprint density at radius 3 is 2.70 bits per heavy atom. The number of anilines is 1. The minimum Gasteiger partial charge on any atom is -0.368 e. The third kappa shape index (κ3) is 3.55. The van der Waals surface area contributed by atoms with Crippen LogP contribution in [0.4, 0.5) is 18.9 Å². The average Bonchev–Trinajstić information content (AvgIpc) is 3.12. The van der Waals surface area contributed by atoms with Gasteiger partial charge in [0, 0.05) is 36.5 Å². The number of likely N-dealkylation sites (tertiary alicyclic amines) is 1. The van der Waals surface area contributed by atoms with E-state index in [1.54, 1.807) is 31.0 Å². The lowest BCUT2D eigenvalue weighted by Gasteiger charge is -2.17. The molecule has 0 bridgehead atoms. The Morgan fingerprint density at radius 1 is 1.37 bits per heavy atom. The molecule has 0 spiro atoms. The van der Waals surface area contributed by atoms with Crippen molar-refractivity contribution in [2.45, 2.75) is 26.3 Å². The Bertz CT molecular complexity index is 899. The Labute approximate surface area is 160 Å². The topological polar surface area (TPSA) is 50.2 Å². The molecule has 2 aromatic rings. The van der Waals surface area contributed by atoms with Crippen LogP contribution in [0.2, 0.25) is 0 Å². The largest absolute Gasteiger partial charge is 0.368 e. The van der Waals surface area contributed by atoms with Crippen LogP contribution < -0.4 is 5.32 Å². The van der Waals surface area contributed by atoms with Crippen LogP contribution in [-0.4, -0.2) is 39.2 Å². The zero-order valence-corrected chi connectivity index (χ0v) is 15.9. The van der Waals surface area contributed by atoms with Crippen molar-refractivity contribution < 1.29 is 18.0 Å². The van der Waals surface area contributed by atoms with Gasteiger partial charge in [0.25, 0.3) is 0 Å². The highest BCUT2D eigenvalue weighted by molar-refractivity contribution is 7.80. The molecule has 0 saturated carbocycles. The first-order valence-corrected chi connectivity index (χ1v) is 8.76. The molecule has 1 aromatic heterocycles. The summed E-state index contributed by atoms with van der Waals surface area (Å²) in [6, 6.07) is 5.96. The number of aryl methyl sites for hydroxylation is 1. The fourth-order valence-corrected chi connectivity index (χ4v) is 3.65. The van der Waals surface area contributed by atoms with Gasteiger partial charge in [-0.05, 0) is 32.0 Å². The van der Waals surface area contributed by atoms with Crippen LogP contribution in [0.5, 0.6) is 0 Å². The molecule has 0 aliphatic carbocycles. The lowest BCUT2D eigenvalue weighted by atomic mass is 9.91. The van der Waals surface area contributed by atoms with Gasteiger partial charge in [0.1, 0.15) is 5.82 Å². The highest BCUT2D eigenvalue weighted by Crippen LogP contribution is 2.35. The molecule has 1 aromatic carbocycles. The van der Waals surface area contributed by atoms with Gasteiger partial charge in [-0.1, -0.05) is 18.3 Å². The molecule has 2 heterocycles. The number of benzene rings is 1. The standard InChI is InChI=1S/C18H19F3N4OS/c1-9-7-14(23-25(9)18(20)21)11-8-24(3)17(27)15(11)16(26)22-13-6-4-5-12(19)10(13)2/h4-7,11,15,18H,8H2,1-3H3,(H,22,26). The number of amides is 1. The first-order chi connectivity index (χ1) is 12.7. The fraction of sp³-hybridized carbons (Fsp3) is 0.389. The van der Waals surface area contributed by atoms with E-state index >= 15 is 0 Å². The summed E-state index contributed by atoms with van der Waals surface area (Å²) in [5, 5.41) is 6.68. The highest BCUT2D eigenvalue weighted by Gasteiger charge is 2.43. The Balaban J connectivity index is 1.91. The molecule has 1 aliphatic heterocycles. The summed E-state index contributed by atoms with van der Waals surface area (Å²) in [7, 11) is 1.74. The highest BCUT2D eigenvalue weighted by atomic mass is 32.1. The van der Waals surface area contributed by atoms with Gasteiger partial charge in [0.15, 0.2) is 0 Å². The first-order valence-electron chi connectivity index (χ1n) is 8.36. The van der Waals surface area contributed by atoms with E-state index in [0.717, 1.165) is 0 Å². The van der Waals surface area contributed by atoms with Gasteiger partial charge in [-0.25, -0.2) is 9.07 Å². The second kappa shape index (κ2) is 7.30. The van der Waals surface area contributed by atoms with Crippen molar-refractivity contribution in [1.29, 1.82) is 0 Å². The van der Waals surface area contributed by atoms with Crippen molar-refractivity contribution in [3.63, 3.8) is 0 Å². The van der Waals surface area contributed by atoms with Gasteiger partial charge in [0.05, 0.1) is 16.6 Å². The number of nitrogens with zero attached hydrogens (tertiary/aromatic N) is 3. The second-order valence-electron chi connectivity index (χ2n) is 6.64. The van der Waals surface area contributed by atoms with Gasteiger partial charge in [-0.2, -0.15) is 13.9 Å². The number of alkyl halides is 2. The van der Waals surface area contributed by atoms with Gasteiger partial charge >= 0.3 is 6.55 Å². The monoisotopic (exact) mass is 396 g/mol. The van der Waals surface area contributed by atoms with Crippen molar-refractivity contribution in [1.82, 2.24) is 14.7 Å². The Hall–Kier alpha value is -2.42. The van der Waals surface area contributed by atoms with Crippen LogP contribution in [0, 0.1) is 25.6 Å². The van der Waals surface area contributed by atoms with E-state index in [-0.39, 0.29) is 0 Å². The third-order valence-corrected chi connectivity index (χ3v) is 5.39. The molecule has 1 saturated heterocycles. The number of aromatic nitrogens is 2. The second-order valence-corrected chi connectivity index (χ2v) is 7.06. The van der Waals surface area contributed by atoms with E-state index in [0.29, 0.717) is 38.9 Å². The van der Waals surface area contributed by atoms with Crippen LogP contribution in [0.25, 0.3) is 0 Å². The molecule has 1 amide bonds. The fourth-order valence-electron chi connectivity index (χ4n) is 3.30. The maximum absolute atomic E-state index is 13.7. The number of halogens is 3. The first kappa shape index (κ1) is 19.3. The normalized spacial score (nSPS) is 19.8. The molecule has 9 heteroatoms. The molecular weight excluding hydrogens is 377 g/mol. The SMILES string of the molecule is Cc1c(F)cccc1NC(=O)C1C(=S)N(C)CC1c1cc(C)n(C(F)F)n1. The summed E-state index contributed by atoms with van der Waals surface area (Å²) >= 11 is 5.39. The lowest BCUT2D eigenvalue weighted by molar-refractivity contribution is -0.118. The average molecular weight is 396 g/mol. The predicted octanol–water partition coefficient (Wildman–Crippen LogP) is 3.65. The van der Waals surface area contributed by atoms with Crippen LogP contribution in [0.1, 0.15) is 29.4 Å². The third-order valence-electron chi connectivity index (χ3n) is 4.83. The summed E-state index contributed by atoms with van der Waals surface area (Å²) in [6.45, 7) is 0.728. The number of carbonyl (C=O) groups excluding carboxylic acids is 1. The molecule has 144 valence electrons. The molecule has 2 atom stereocenters. The Kier molecular flexibility index (Phi) is 5.23. The van der Waals surface area contributed by atoms with Crippen LogP contribution in [0.3, 0.4) is 0 Å². The minimum absolute atomic E-state index is 0.306. The van der Waals surface area contributed by atoms with Crippen LogP contribution >= 0.6 is 12.2 Å². The van der Waals surface area contributed by atoms with Crippen LogP contribution in [0.15, 0.2) is 24.3 Å². The molecule has 0 radical (unpaired) electrons. The minimum atomic E-state index is -2.76. The van der Waals surface area contributed by atoms with Gasteiger partial charge in [0.2, 0.25) is 5.91 Å². The van der Waals surface area contributed by atoms with Gasteiger partial charge in [-0.15, -0.1) is 0 Å². The Morgan fingerprint density at radius 2 is 2.07 bits per heavy atom. The van der Waals surface area contributed by atoms with Crippen molar-refractivity contribution in [2.24, 2.45) is 5.92 Å². The molecule has 5 nitrogen and oxygen atoms in total. The van der Waals surface area contributed by atoms with E-state index in [1.165, 1.54) is 19.1 Å². The number of rotatable bonds is 4. The van der Waals surface area contributed by atoms with Crippen LogP contribution in [-0.2, 0) is 4.79 Å². The van der Waals surface area contributed by atoms with Crippen molar-refractivity contribution >= 4 is 28.8 Å². The summed E-state index contributed by atoms with van der Waals surface area (Å²) in [6.07, 6.45) is 0.